The smallest absolute Gasteiger partial charge is 0.419 e. The first-order valence-corrected chi connectivity index (χ1v) is 15.1. The van der Waals surface area contributed by atoms with Gasteiger partial charge in [-0.05, 0) is 85.8 Å². The number of hydrogen-bond acceptors (Lipinski definition) is 5. The normalized spacial score (nSPS) is 27.8. The number of fused-ring (bicyclic) bond motifs is 2. The van der Waals surface area contributed by atoms with Crippen molar-refractivity contribution >= 4 is 23.5 Å². The minimum Gasteiger partial charge on any atom is -0.496 e. The maximum Gasteiger partial charge on any atom is 0.419 e. The van der Waals surface area contributed by atoms with Crippen molar-refractivity contribution in [3.8, 4) is 5.75 Å². The second-order valence-corrected chi connectivity index (χ2v) is 12.5. The molecule has 2 bridgehead atoms. The Morgan fingerprint density at radius 2 is 1.80 bits per heavy atom. The largest absolute Gasteiger partial charge is 0.496 e. The molecule has 4 aliphatic rings. The lowest BCUT2D eigenvalue weighted by Crippen LogP contribution is -2.48. The summed E-state index contributed by atoms with van der Waals surface area (Å²) in [6.45, 7) is 0.458. The molecule has 4 saturated carbocycles. The molecule has 4 aliphatic carbocycles. The van der Waals surface area contributed by atoms with E-state index in [2.05, 4.69) is 16.7 Å². The molecule has 0 radical (unpaired) electrons. The number of ether oxygens (including phenoxy) is 2. The van der Waals surface area contributed by atoms with E-state index in [0.717, 1.165) is 30.9 Å². The molecule has 2 aromatic carbocycles. The van der Waals surface area contributed by atoms with Crippen LogP contribution in [0.5, 0.6) is 5.75 Å². The van der Waals surface area contributed by atoms with E-state index in [4.69, 9.17) is 14.6 Å². The minimum absolute atomic E-state index is 0.0303. The summed E-state index contributed by atoms with van der Waals surface area (Å²) < 4.78 is 65.0. The number of carboxylic acid groups (broad SMARTS) is 1. The Bertz CT molecular complexity index is 1540. The number of benzene rings is 2. The van der Waals surface area contributed by atoms with Gasteiger partial charge in [-0.2, -0.15) is 13.2 Å². The Kier molecular flexibility index (Phi) is 8.36. The molecule has 2 amide bonds. The average Bonchev–Trinajstić information content (AvgIpc) is 3.91. The van der Waals surface area contributed by atoms with Crippen molar-refractivity contribution in [2.75, 3.05) is 19.0 Å². The van der Waals surface area contributed by atoms with Gasteiger partial charge in [-0.1, -0.05) is 17.7 Å². The molecule has 4 fully saturated rings. The number of amides is 2. The van der Waals surface area contributed by atoms with E-state index in [1.165, 1.54) is 7.11 Å². The first kappa shape index (κ1) is 31.1. The fourth-order valence-corrected chi connectivity index (χ4v) is 6.92. The number of allylic oxidation sites excluding steroid dienone is 1. The maximum absolute atomic E-state index is 13.9. The van der Waals surface area contributed by atoms with Gasteiger partial charge >= 0.3 is 12.1 Å². The number of methoxy groups -OCH3 is 1. The van der Waals surface area contributed by atoms with Crippen molar-refractivity contribution in [2.24, 2.45) is 35.5 Å². The van der Waals surface area contributed by atoms with E-state index in [-0.39, 0.29) is 41.5 Å². The number of hydrogen-bond donors (Lipinski definition) is 3. The summed E-state index contributed by atoms with van der Waals surface area (Å²) in [7, 11) is 1.43. The number of aliphatic carboxylic acids is 1. The Balaban J connectivity index is 1.21. The van der Waals surface area contributed by atoms with Crippen LogP contribution in [0, 0.1) is 41.3 Å². The first-order chi connectivity index (χ1) is 21.4. The summed E-state index contributed by atoms with van der Waals surface area (Å²) >= 11 is 0. The van der Waals surface area contributed by atoms with E-state index in [1.54, 1.807) is 18.2 Å². The van der Waals surface area contributed by atoms with Crippen LogP contribution in [-0.2, 0) is 27.1 Å². The van der Waals surface area contributed by atoms with E-state index < -0.39 is 47.3 Å². The Morgan fingerprint density at radius 3 is 2.47 bits per heavy atom. The van der Waals surface area contributed by atoms with Crippen LogP contribution in [0.25, 0.3) is 0 Å². The van der Waals surface area contributed by atoms with E-state index in [9.17, 15) is 31.9 Å². The SMILES string of the molecule is COc1ccc(COC[C@@H]2C[C@@H]2C(=O)O)cc1C(=O)N[C@H]1[C@@H](C(=O)Nc2ccc(F)c(C(F)(F)F)c2)[C@H]2CC[C@@H]1/C2=C\C1CC1. The van der Waals surface area contributed by atoms with Crippen LogP contribution in [-0.4, -0.2) is 42.6 Å². The Hall–Kier alpha value is -3.93. The second kappa shape index (κ2) is 12.1. The summed E-state index contributed by atoms with van der Waals surface area (Å²) in [6, 6.07) is 6.76. The molecule has 0 saturated heterocycles. The average molecular weight is 631 g/mol. The molecular weight excluding hydrogens is 596 g/mol. The highest BCUT2D eigenvalue weighted by Crippen LogP contribution is 2.54. The zero-order chi connectivity index (χ0) is 32.0. The van der Waals surface area contributed by atoms with Crippen LogP contribution in [0.4, 0.5) is 23.2 Å². The van der Waals surface area contributed by atoms with Gasteiger partial charge in [0.2, 0.25) is 5.91 Å². The molecular formula is C33H34F4N2O6. The van der Waals surface area contributed by atoms with Gasteiger partial charge in [0, 0.05) is 17.6 Å². The van der Waals surface area contributed by atoms with Gasteiger partial charge in [0.1, 0.15) is 11.6 Å². The molecule has 6 atom stereocenters. The highest BCUT2D eigenvalue weighted by molar-refractivity contribution is 5.99. The summed E-state index contributed by atoms with van der Waals surface area (Å²) in [5.74, 6) is -3.98. The molecule has 240 valence electrons. The van der Waals surface area contributed by atoms with Crippen molar-refractivity contribution in [3.05, 3.63) is 70.6 Å². The predicted molar refractivity (Wildman–Crippen MR) is 154 cm³/mol. The monoisotopic (exact) mass is 630 g/mol. The third-order valence-corrected chi connectivity index (χ3v) is 9.44. The van der Waals surface area contributed by atoms with Gasteiger partial charge in [-0.15, -0.1) is 0 Å². The Labute approximate surface area is 257 Å². The van der Waals surface area contributed by atoms with Crippen LogP contribution in [0.3, 0.4) is 0 Å². The molecule has 0 spiro atoms. The fourth-order valence-electron chi connectivity index (χ4n) is 6.92. The van der Waals surface area contributed by atoms with Gasteiger partial charge < -0.3 is 25.2 Å². The molecule has 0 aromatic heterocycles. The lowest BCUT2D eigenvalue weighted by atomic mass is 9.83. The molecule has 0 unspecified atom stereocenters. The van der Waals surface area contributed by atoms with Crippen LogP contribution in [0.2, 0.25) is 0 Å². The minimum atomic E-state index is -4.93. The summed E-state index contributed by atoms with van der Waals surface area (Å²) in [5.41, 5.74) is 0.372. The summed E-state index contributed by atoms with van der Waals surface area (Å²) in [6.07, 6.45) is 1.42. The zero-order valence-corrected chi connectivity index (χ0v) is 24.5. The number of carboxylic acids is 1. The third-order valence-electron chi connectivity index (χ3n) is 9.44. The number of carbonyl (C=O) groups is 3. The van der Waals surface area contributed by atoms with Crippen molar-refractivity contribution in [1.29, 1.82) is 0 Å². The highest BCUT2D eigenvalue weighted by atomic mass is 19.4. The second-order valence-electron chi connectivity index (χ2n) is 12.5. The van der Waals surface area contributed by atoms with Gasteiger partial charge in [0.25, 0.3) is 5.91 Å². The molecule has 0 aliphatic heterocycles. The van der Waals surface area contributed by atoms with Gasteiger partial charge in [0.05, 0.1) is 43.3 Å². The van der Waals surface area contributed by atoms with Crippen LogP contribution < -0.4 is 15.4 Å². The molecule has 3 N–H and O–H groups in total. The Morgan fingerprint density at radius 1 is 1.04 bits per heavy atom. The molecule has 8 nitrogen and oxygen atoms in total. The first-order valence-electron chi connectivity index (χ1n) is 15.1. The number of alkyl halides is 3. The van der Waals surface area contributed by atoms with Crippen LogP contribution >= 0.6 is 0 Å². The van der Waals surface area contributed by atoms with Gasteiger partial charge in [-0.25, -0.2) is 4.39 Å². The quantitative estimate of drug-likeness (QED) is 0.213. The molecule has 0 heterocycles. The van der Waals surface area contributed by atoms with Crippen molar-refractivity contribution < 1.29 is 46.5 Å². The lowest BCUT2D eigenvalue weighted by Gasteiger charge is -2.30. The van der Waals surface area contributed by atoms with Crippen LogP contribution in [0.15, 0.2) is 48.0 Å². The van der Waals surface area contributed by atoms with Crippen molar-refractivity contribution in [3.63, 3.8) is 0 Å². The van der Waals surface area contributed by atoms with Gasteiger partial charge in [-0.3, -0.25) is 14.4 Å². The van der Waals surface area contributed by atoms with E-state index in [0.29, 0.717) is 48.8 Å². The number of anilines is 1. The van der Waals surface area contributed by atoms with E-state index in [1.807, 2.05) is 0 Å². The fraction of sp³-hybridized carbons (Fsp3) is 0.485. The zero-order valence-electron chi connectivity index (χ0n) is 24.5. The van der Waals surface area contributed by atoms with Crippen LogP contribution in [0.1, 0.15) is 53.6 Å². The number of carbonyl (C=O) groups excluding carboxylic acids is 2. The highest BCUT2D eigenvalue weighted by Gasteiger charge is 2.55. The molecule has 2 aromatic rings. The standard InChI is InChI=1S/C33H34F4N2O6/c1-44-27-9-4-17(14-45-15-18-12-22(18)32(42)43)11-24(27)30(40)39-29-21-7-6-20(23(21)10-16-2-3-16)28(29)31(41)38-19-5-8-26(34)25(13-19)33(35,36)37/h4-5,8-11,13,16,18,20-22,28-29H,2-3,6-7,12,14-15H2,1H3,(H,38,41)(H,39,40)(H,42,43)/b23-10-/t18-,20-,21+,22-,28-,29+/m0/s1. The third kappa shape index (κ3) is 6.56. The maximum atomic E-state index is 13.9. The van der Waals surface area contributed by atoms with Gasteiger partial charge in [0.15, 0.2) is 0 Å². The summed E-state index contributed by atoms with van der Waals surface area (Å²) in [4.78, 5) is 38.6. The van der Waals surface area contributed by atoms with E-state index >= 15 is 0 Å². The molecule has 45 heavy (non-hydrogen) atoms. The summed E-state index contributed by atoms with van der Waals surface area (Å²) in [5, 5.41) is 14.7. The topological polar surface area (TPSA) is 114 Å². The molecule has 12 heteroatoms. The van der Waals surface area contributed by atoms with Crippen molar-refractivity contribution in [2.45, 2.75) is 50.9 Å². The number of halogens is 4. The molecule has 6 rings (SSSR count). The number of nitrogens with one attached hydrogen (secondary N) is 2. The number of rotatable bonds is 11. The van der Waals surface area contributed by atoms with Crippen molar-refractivity contribution in [1.82, 2.24) is 5.32 Å². The predicted octanol–water partition coefficient (Wildman–Crippen LogP) is 5.82. The lowest BCUT2D eigenvalue weighted by molar-refractivity contribution is -0.140.